The van der Waals surface area contributed by atoms with Crippen LogP contribution >= 0.6 is 22.7 Å². The maximum atomic E-state index is 2.48. The maximum absolute atomic E-state index is 2.48. The van der Waals surface area contributed by atoms with Gasteiger partial charge in [0.2, 0.25) is 0 Å². The second kappa shape index (κ2) is 6.44. The molecule has 1 nitrogen and oxygen atoms in total. The van der Waals surface area contributed by atoms with E-state index >= 15 is 0 Å². The Balaban J connectivity index is 1.80. The molecular weight excluding hydrogens is 438 g/mol. The Kier molecular flexibility index (Phi) is 3.48. The average molecular weight is 456 g/mol. The van der Waals surface area contributed by atoms with Gasteiger partial charge in [0.15, 0.2) is 0 Å². The topological polar surface area (TPSA) is 4.93 Å². The van der Waals surface area contributed by atoms with E-state index in [1.165, 1.54) is 67.8 Å². The molecule has 0 aliphatic carbocycles. The van der Waals surface area contributed by atoms with Gasteiger partial charge < -0.3 is 4.57 Å². The predicted octanol–water partition coefficient (Wildman–Crippen LogP) is 9.52. The van der Waals surface area contributed by atoms with Crippen LogP contribution in [0.25, 0.3) is 67.8 Å². The minimum atomic E-state index is 1.21. The molecule has 0 saturated heterocycles. The Bertz CT molecular complexity index is 2020. The zero-order valence-electron chi connectivity index (χ0n) is 17.6. The van der Waals surface area contributed by atoms with E-state index in [0.717, 1.165) is 0 Å². The third kappa shape index (κ3) is 2.26. The van der Waals surface area contributed by atoms with Crippen molar-refractivity contribution in [2.75, 3.05) is 0 Å². The molecule has 0 aliphatic rings. The highest BCUT2D eigenvalue weighted by atomic mass is 32.1. The summed E-state index contributed by atoms with van der Waals surface area (Å²) in [6.07, 6.45) is 0. The lowest BCUT2D eigenvalue weighted by Crippen LogP contribution is -1.93. The lowest BCUT2D eigenvalue weighted by molar-refractivity contribution is 1.19. The summed E-state index contributed by atoms with van der Waals surface area (Å²) < 4.78 is 7.96. The van der Waals surface area contributed by atoms with Gasteiger partial charge in [0.05, 0.1) is 15.7 Å². The number of nitrogens with zero attached hydrogens (tertiary/aromatic N) is 1. The van der Waals surface area contributed by atoms with Gasteiger partial charge in [-0.1, -0.05) is 72.8 Å². The first-order valence-electron chi connectivity index (χ1n) is 11.1. The van der Waals surface area contributed by atoms with Crippen molar-refractivity contribution in [3.63, 3.8) is 0 Å². The van der Waals surface area contributed by atoms with E-state index in [2.05, 4.69) is 108 Å². The summed E-state index contributed by atoms with van der Waals surface area (Å²) in [6, 6.07) is 37.5. The zero-order valence-corrected chi connectivity index (χ0v) is 19.2. The molecule has 0 saturated carbocycles. The molecular formula is C30H17NS2. The smallest absolute Gasteiger partial charge is 0.0734 e. The molecule has 0 fully saturated rings. The van der Waals surface area contributed by atoms with Gasteiger partial charge in [-0.15, -0.1) is 22.7 Å². The van der Waals surface area contributed by atoms with Crippen LogP contribution in [0.5, 0.6) is 0 Å². The fourth-order valence-electron chi connectivity index (χ4n) is 5.46. The normalized spacial score (nSPS) is 12.2. The van der Waals surface area contributed by atoms with E-state index in [-0.39, 0.29) is 0 Å². The van der Waals surface area contributed by atoms with Crippen molar-refractivity contribution in [2.24, 2.45) is 0 Å². The standard InChI is InChI=1S/C30H17NS2/c1-2-10-18(11-3-1)31-22-15-7-4-12-19(22)27-28(31)30-26(21-14-6-9-17-24(21)33-30)25-20-13-5-8-16-23(20)32-29(25)27/h1-17H. The fraction of sp³-hybridized carbons (Fsp3) is 0. The van der Waals surface area contributed by atoms with E-state index < -0.39 is 0 Å². The number of aromatic nitrogens is 1. The molecule has 8 aromatic rings. The van der Waals surface area contributed by atoms with E-state index in [4.69, 9.17) is 0 Å². The van der Waals surface area contributed by atoms with E-state index in [0.29, 0.717) is 0 Å². The SMILES string of the molecule is c1ccc(-n2c3ccccc3c3c4sc5ccccc5c4c4c5ccccc5sc4c32)cc1. The molecule has 5 aromatic carbocycles. The Labute approximate surface area is 197 Å². The lowest BCUT2D eigenvalue weighted by atomic mass is 10.0. The largest absolute Gasteiger partial charge is 0.308 e. The van der Waals surface area contributed by atoms with Crippen molar-refractivity contribution in [3.8, 4) is 5.69 Å². The van der Waals surface area contributed by atoms with Crippen molar-refractivity contribution in [3.05, 3.63) is 103 Å². The summed E-state index contributed by atoms with van der Waals surface area (Å²) in [5.74, 6) is 0. The van der Waals surface area contributed by atoms with E-state index in [1.807, 2.05) is 22.7 Å². The van der Waals surface area contributed by atoms with Crippen molar-refractivity contribution in [1.82, 2.24) is 4.57 Å². The molecule has 0 amide bonds. The summed E-state index contributed by atoms with van der Waals surface area (Å²) in [4.78, 5) is 0. The van der Waals surface area contributed by atoms with Gasteiger partial charge in [0.1, 0.15) is 0 Å². The van der Waals surface area contributed by atoms with Crippen LogP contribution in [0.15, 0.2) is 103 Å². The Morgan fingerprint density at radius 2 is 1.00 bits per heavy atom. The Morgan fingerprint density at radius 1 is 0.455 bits per heavy atom. The minimum absolute atomic E-state index is 1.21. The van der Waals surface area contributed by atoms with Crippen LogP contribution in [0.2, 0.25) is 0 Å². The van der Waals surface area contributed by atoms with Gasteiger partial charge in [-0.3, -0.25) is 0 Å². The second-order valence-corrected chi connectivity index (χ2v) is 10.6. The zero-order chi connectivity index (χ0) is 21.5. The molecule has 154 valence electrons. The summed E-state index contributed by atoms with van der Waals surface area (Å²) in [5.41, 5.74) is 3.81. The van der Waals surface area contributed by atoms with Crippen LogP contribution in [-0.4, -0.2) is 4.57 Å². The van der Waals surface area contributed by atoms with Crippen molar-refractivity contribution in [2.45, 2.75) is 0 Å². The van der Waals surface area contributed by atoms with Gasteiger partial charge in [0.25, 0.3) is 0 Å². The molecule has 33 heavy (non-hydrogen) atoms. The highest BCUT2D eigenvalue weighted by molar-refractivity contribution is 7.29. The molecule has 0 aliphatic heterocycles. The van der Waals surface area contributed by atoms with Crippen molar-refractivity contribution in [1.29, 1.82) is 0 Å². The molecule has 0 unspecified atom stereocenters. The lowest BCUT2D eigenvalue weighted by Gasteiger charge is -2.09. The second-order valence-electron chi connectivity index (χ2n) is 8.52. The number of hydrogen-bond donors (Lipinski definition) is 0. The number of benzene rings is 5. The van der Waals surface area contributed by atoms with Gasteiger partial charge in [0, 0.05) is 52.1 Å². The average Bonchev–Trinajstić information content (AvgIpc) is 3.53. The molecule has 3 heterocycles. The van der Waals surface area contributed by atoms with Gasteiger partial charge in [-0.2, -0.15) is 0 Å². The molecule has 0 radical (unpaired) electrons. The maximum Gasteiger partial charge on any atom is 0.0734 e. The third-order valence-corrected chi connectivity index (χ3v) is 9.14. The number of thiophene rings is 2. The quantitative estimate of drug-likeness (QED) is 0.232. The number of rotatable bonds is 1. The predicted molar refractivity (Wildman–Crippen MR) is 147 cm³/mol. The number of fused-ring (bicyclic) bond motifs is 12. The molecule has 0 atom stereocenters. The molecule has 0 bridgehead atoms. The van der Waals surface area contributed by atoms with Gasteiger partial charge in [-0.25, -0.2) is 0 Å². The van der Waals surface area contributed by atoms with Crippen molar-refractivity contribution < 1.29 is 0 Å². The third-order valence-electron chi connectivity index (χ3n) is 6.77. The summed E-state index contributed by atoms with van der Waals surface area (Å²) in [6.45, 7) is 0. The summed E-state index contributed by atoms with van der Waals surface area (Å²) >= 11 is 3.86. The fourth-order valence-corrected chi connectivity index (χ4v) is 7.98. The number of para-hydroxylation sites is 2. The Hall–Kier alpha value is -3.66. The first kappa shape index (κ1) is 17.8. The van der Waals surface area contributed by atoms with Gasteiger partial charge in [-0.05, 0) is 30.3 Å². The highest BCUT2D eigenvalue weighted by Crippen LogP contribution is 2.51. The molecule has 0 N–H and O–H groups in total. The molecule has 3 aromatic heterocycles. The van der Waals surface area contributed by atoms with Crippen LogP contribution in [0.4, 0.5) is 0 Å². The first-order chi connectivity index (χ1) is 16.4. The van der Waals surface area contributed by atoms with Gasteiger partial charge >= 0.3 is 0 Å². The van der Waals surface area contributed by atoms with E-state index in [9.17, 15) is 0 Å². The van der Waals surface area contributed by atoms with Crippen LogP contribution in [0, 0.1) is 0 Å². The summed E-state index contributed by atoms with van der Waals surface area (Å²) in [5, 5.41) is 8.24. The molecule has 8 rings (SSSR count). The molecule has 3 heteroatoms. The number of hydrogen-bond acceptors (Lipinski definition) is 2. The van der Waals surface area contributed by atoms with Crippen LogP contribution in [-0.2, 0) is 0 Å². The van der Waals surface area contributed by atoms with E-state index in [1.54, 1.807) is 0 Å². The summed E-state index contributed by atoms with van der Waals surface area (Å²) in [7, 11) is 0. The van der Waals surface area contributed by atoms with Crippen LogP contribution in [0.1, 0.15) is 0 Å². The molecule has 0 spiro atoms. The van der Waals surface area contributed by atoms with Crippen LogP contribution < -0.4 is 0 Å². The van der Waals surface area contributed by atoms with Crippen molar-refractivity contribution >= 4 is 84.8 Å². The monoisotopic (exact) mass is 455 g/mol. The first-order valence-corrected chi connectivity index (χ1v) is 12.8. The van der Waals surface area contributed by atoms with Crippen LogP contribution in [0.3, 0.4) is 0 Å². The Morgan fingerprint density at radius 3 is 1.73 bits per heavy atom. The highest BCUT2D eigenvalue weighted by Gasteiger charge is 2.23. The minimum Gasteiger partial charge on any atom is -0.308 e.